The van der Waals surface area contributed by atoms with E-state index in [2.05, 4.69) is 19.9 Å². The van der Waals surface area contributed by atoms with E-state index in [4.69, 9.17) is 30.9 Å². The van der Waals surface area contributed by atoms with Gasteiger partial charge in [0, 0.05) is 0 Å². The predicted molar refractivity (Wildman–Crippen MR) is 91.2 cm³/mol. The molecule has 0 bridgehead atoms. The molecule has 0 spiro atoms. The summed E-state index contributed by atoms with van der Waals surface area (Å²) in [6, 6.07) is 0. The number of aliphatic hydroxyl groups is 4. The van der Waals surface area contributed by atoms with Crippen LogP contribution < -0.4 is 11.8 Å². The molecule has 2 aliphatic heterocycles. The SMILES string of the molecule is NO[C@@H]1[C@H](O)[C@@H](CO)O[C@H]1c1nc([C@@H]2O[C@H](CO)[C@@H](O)[C@H]2ON)c2nc[nH]c2n1. The van der Waals surface area contributed by atoms with Crippen molar-refractivity contribution >= 4 is 11.2 Å². The van der Waals surface area contributed by atoms with Gasteiger partial charge >= 0.3 is 0 Å². The highest BCUT2D eigenvalue weighted by atomic mass is 16.7. The van der Waals surface area contributed by atoms with Crippen LogP contribution in [0.5, 0.6) is 0 Å². The van der Waals surface area contributed by atoms with Gasteiger partial charge in [-0.25, -0.2) is 26.7 Å². The second-order valence-electron chi connectivity index (χ2n) is 6.80. The average molecular weight is 414 g/mol. The van der Waals surface area contributed by atoms with Crippen LogP contribution >= 0.6 is 0 Å². The molecule has 29 heavy (non-hydrogen) atoms. The van der Waals surface area contributed by atoms with Gasteiger partial charge in [0.2, 0.25) is 0 Å². The summed E-state index contributed by atoms with van der Waals surface area (Å²) in [5.74, 6) is 10.7. The topological polar surface area (TPSA) is 224 Å². The Labute approximate surface area is 163 Å². The number of aliphatic hydroxyl groups excluding tert-OH is 4. The smallest absolute Gasteiger partial charge is 0.162 e. The summed E-state index contributed by atoms with van der Waals surface area (Å²) in [4.78, 5) is 25.5. The van der Waals surface area contributed by atoms with E-state index in [1.165, 1.54) is 6.33 Å². The zero-order valence-corrected chi connectivity index (χ0v) is 15.0. The van der Waals surface area contributed by atoms with Crippen molar-refractivity contribution in [3.63, 3.8) is 0 Å². The van der Waals surface area contributed by atoms with Crippen molar-refractivity contribution < 1.29 is 39.6 Å². The molecule has 14 nitrogen and oxygen atoms in total. The Balaban J connectivity index is 1.77. The molecular formula is C15H22N6O8. The molecule has 2 aromatic heterocycles. The standard InChI is InChI=1S/C15H22N6O8/c16-28-11-8(24)4(1-22)26-10(11)6-7-14(19-3-18-7)21-15(20-6)13-12(29-17)9(25)5(2-23)27-13/h3-5,8-13,22-25H,1-2,16-17H2,(H,18,19,20,21)/t4-,5-,8-,9-,10+,11-,12-,13-/m1/s1. The number of nitrogens with one attached hydrogen (secondary N) is 1. The maximum atomic E-state index is 10.3. The van der Waals surface area contributed by atoms with Crippen molar-refractivity contribution in [3.05, 3.63) is 17.8 Å². The molecule has 14 heteroatoms. The predicted octanol–water partition coefficient (Wildman–Crippen LogP) is -3.54. The second-order valence-corrected chi connectivity index (χ2v) is 6.80. The maximum Gasteiger partial charge on any atom is 0.162 e. The second kappa shape index (κ2) is 8.11. The monoisotopic (exact) mass is 414 g/mol. The van der Waals surface area contributed by atoms with Crippen LogP contribution in [-0.4, -0.2) is 90.2 Å². The molecule has 0 aromatic carbocycles. The zero-order chi connectivity index (χ0) is 20.7. The first-order valence-corrected chi connectivity index (χ1v) is 8.84. The van der Waals surface area contributed by atoms with Crippen molar-refractivity contribution in [1.82, 2.24) is 19.9 Å². The van der Waals surface area contributed by atoms with Crippen LogP contribution in [0.15, 0.2) is 6.33 Å². The van der Waals surface area contributed by atoms with Gasteiger partial charge in [-0.2, -0.15) is 0 Å². The number of fused-ring (bicyclic) bond motifs is 1. The summed E-state index contributed by atoms with van der Waals surface area (Å²) in [6.45, 7) is -0.922. The van der Waals surface area contributed by atoms with Crippen LogP contribution in [0.25, 0.3) is 11.2 Å². The van der Waals surface area contributed by atoms with Gasteiger partial charge in [0.15, 0.2) is 11.5 Å². The van der Waals surface area contributed by atoms with E-state index in [-0.39, 0.29) is 11.5 Å². The van der Waals surface area contributed by atoms with Crippen LogP contribution in [-0.2, 0) is 19.1 Å². The number of nitrogens with two attached hydrogens (primary N) is 2. The minimum atomic E-state index is -1.21. The lowest BCUT2D eigenvalue weighted by atomic mass is 10.0. The van der Waals surface area contributed by atoms with Gasteiger partial charge in [-0.05, 0) is 0 Å². The van der Waals surface area contributed by atoms with Crippen molar-refractivity contribution in [3.8, 4) is 0 Å². The van der Waals surface area contributed by atoms with Crippen LogP contribution in [0.2, 0.25) is 0 Å². The quantitative estimate of drug-likeness (QED) is 0.228. The lowest BCUT2D eigenvalue weighted by molar-refractivity contribution is -0.0465. The van der Waals surface area contributed by atoms with Gasteiger partial charge in [0.05, 0.1) is 19.5 Å². The summed E-state index contributed by atoms with van der Waals surface area (Å²) < 4.78 is 11.3. The number of H-pyrrole nitrogens is 1. The minimum Gasteiger partial charge on any atom is -0.394 e. The van der Waals surface area contributed by atoms with E-state index in [9.17, 15) is 20.4 Å². The first-order chi connectivity index (χ1) is 14.0. The van der Waals surface area contributed by atoms with Gasteiger partial charge in [-0.1, -0.05) is 0 Å². The number of rotatable bonds is 6. The fourth-order valence-electron chi connectivity index (χ4n) is 3.71. The Morgan fingerprint density at radius 2 is 1.55 bits per heavy atom. The molecule has 0 amide bonds. The Morgan fingerprint density at radius 1 is 0.966 bits per heavy atom. The van der Waals surface area contributed by atoms with E-state index in [0.717, 1.165) is 0 Å². The molecule has 0 unspecified atom stereocenters. The van der Waals surface area contributed by atoms with Gasteiger partial charge in [-0.3, -0.25) is 9.68 Å². The largest absolute Gasteiger partial charge is 0.394 e. The molecule has 160 valence electrons. The molecule has 2 fully saturated rings. The number of aromatic nitrogens is 4. The molecule has 4 heterocycles. The van der Waals surface area contributed by atoms with Crippen molar-refractivity contribution in [2.24, 2.45) is 11.8 Å². The molecular weight excluding hydrogens is 392 g/mol. The number of imidazole rings is 1. The van der Waals surface area contributed by atoms with Gasteiger partial charge < -0.3 is 34.9 Å². The van der Waals surface area contributed by atoms with Gasteiger partial charge in [0.1, 0.15) is 60.0 Å². The molecule has 0 radical (unpaired) electrons. The molecule has 8 atom stereocenters. The highest BCUT2D eigenvalue weighted by molar-refractivity contribution is 5.73. The molecule has 2 aliphatic rings. The first kappa shape index (κ1) is 20.4. The van der Waals surface area contributed by atoms with E-state index >= 15 is 0 Å². The number of ether oxygens (including phenoxy) is 2. The molecule has 9 N–H and O–H groups in total. The third-order valence-corrected chi connectivity index (χ3v) is 5.20. The molecule has 4 rings (SSSR count). The summed E-state index contributed by atoms with van der Waals surface area (Å²) in [6.07, 6.45) is -6.95. The third-order valence-electron chi connectivity index (χ3n) is 5.20. The third kappa shape index (κ3) is 3.28. The van der Waals surface area contributed by atoms with Crippen molar-refractivity contribution in [2.45, 2.75) is 48.8 Å². The normalized spacial score (nSPS) is 37.6. The fourth-order valence-corrected chi connectivity index (χ4v) is 3.71. The first-order valence-electron chi connectivity index (χ1n) is 8.84. The van der Waals surface area contributed by atoms with Crippen molar-refractivity contribution in [1.29, 1.82) is 0 Å². The summed E-state index contributed by atoms with van der Waals surface area (Å²) in [5, 5.41) is 39.3. The molecule has 0 saturated carbocycles. The van der Waals surface area contributed by atoms with Crippen LogP contribution in [0, 0.1) is 0 Å². The highest BCUT2D eigenvalue weighted by Gasteiger charge is 2.49. The maximum absolute atomic E-state index is 10.3. The van der Waals surface area contributed by atoms with E-state index < -0.39 is 62.0 Å². The Morgan fingerprint density at radius 3 is 2.14 bits per heavy atom. The number of hydrogen-bond donors (Lipinski definition) is 7. The summed E-state index contributed by atoms with van der Waals surface area (Å²) >= 11 is 0. The molecule has 2 aromatic rings. The van der Waals surface area contributed by atoms with E-state index in [0.29, 0.717) is 11.2 Å². The fraction of sp³-hybridized carbons (Fsp3) is 0.667. The van der Waals surface area contributed by atoms with E-state index in [1.54, 1.807) is 0 Å². The minimum absolute atomic E-state index is 0.0727. The zero-order valence-electron chi connectivity index (χ0n) is 15.0. The highest BCUT2D eigenvalue weighted by Crippen LogP contribution is 2.39. The van der Waals surface area contributed by atoms with E-state index in [1.807, 2.05) is 0 Å². The van der Waals surface area contributed by atoms with Gasteiger partial charge in [-0.15, -0.1) is 0 Å². The van der Waals surface area contributed by atoms with Crippen LogP contribution in [0.1, 0.15) is 23.7 Å². The average Bonchev–Trinajstić information content (AvgIpc) is 3.41. The van der Waals surface area contributed by atoms with Crippen LogP contribution in [0.4, 0.5) is 0 Å². The number of nitrogens with zero attached hydrogens (tertiary/aromatic N) is 3. The Kier molecular flexibility index (Phi) is 5.71. The van der Waals surface area contributed by atoms with Gasteiger partial charge in [0.25, 0.3) is 0 Å². The molecule has 2 saturated heterocycles. The lowest BCUT2D eigenvalue weighted by Crippen LogP contribution is -2.37. The molecule has 0 aliphatic carbocycles. The Hall–Kier alpha value is -1.85. The van der Waals surface area contributed by atoms with Crippen LogP contribution in [0.3, 0.4) is 0 Å². The summed E-state index contributed by atoms with van der Waals surface area (Å²) in [7, 11) is 0. The lowest BCUT2D eigenvalue weighted by Gasteiger charge is -2.20. The summed E-state index contributed by atoms with van der Waals surface area (Å²) in [5.41, 5.74) is 0.861. The van der Waals surface area contributed by atoms with Crippen molar-refractivity contribution in [2.75, 3.05) is 13.2 Å². The Bertz CT molecular complexity index is 853. The number of hydrogen-bond acceptors (Lipinski definition) is 13. The number of aromatic amines is 1.